The maximum Gasteiger partial charge on any atom is 0.328 e. The van der Waals surface area contributed by atoms with Crippen molar-refractivity contribution in [1.29, 1.82) is 0 Å². The molecule has 0 aromatic carbocycles. The Bertz CT molecular complexity index is 254. The van der Waals surface area contributed by atoms with Crippen molar-refractivity contribution in [3.63, 3.8) is 0 Å². The number of nitrogens with two attached hydrogens (primary N) is 1. The standard InChI is InChI=1S/C12H24N2O3/c1-8(2)5-10(7-13)6-11(15)14-9(3)12(16)17-4/h8-10H,5-7,13H2,1-4H3,(H,14,15)/t9-,10-/m0/s1. The second-order valence-electron chi connectivity index (χ2n) is 4.75. The van der Waals surface area contributed by atoms with Crippen molar-refractivity contribution in [2.24, 2.45) is 17.6 Å². The highest BCUT2D eigenvalue weighted by Crippen LogP contribution is 2.14. The van der Waals surface area contributed by atoms with Crippen LogP contribution in [0.3, 0.4) is 0 Å². The summed E-state index contributed by atoms with van der Waals surface area (Å²) in [5.74, 6) is 0.0831. The smallest absolute Gasteiger partial charge is 0.328 e. The summed E-state index contributed by atoms with van der Waals surface area (Å²) in [6, 6.07) is -0.607. The molecule has 0 heterocycles. The molecule has 0 saturated heterocycles. The van der Waals surface area contributed by atoms with Gasteiger partial charge in [0.05, 0.1) is 7.11 Å². The Kier molecular flexibility index (Phi) is 7.54. The predicted octanol–water partition coefficient (Wildman–Crippen LogP) is 0.675. The van der Waals surface area contributed by atoms with Gasteiger partial charge in [0.25, 0.3) is 0 Å². The maximum absolute atomic E-state index is 11.7. The highest BCUT2D eigenvalue weighted by atomic mass is 16.5. The van der Waals surface area contributed by atoms with Gasteiger partial charge in [-0.3, -0.25) is 4.79 Å². The van der Waals surface area contributed by atoms with E-state index in [1.165, 1.54) is 7.11 Å². The molecule has 0 aromatic heterocycles. The minimum Gasteiger partial charge on any atom is -0.467 e. The second-order valence-corrected chi connectivity index (χ2v) is 4.75. The third kappa shape index (κ3) is 6.94. The van der Waals surface area contributed by atoms with Crippen LogP contribution in [-0.2, 0) is 14.3 Å². The zero-order valence-electron chi connectivity index (χ0n) is 11.2. The van der Waals surface area contributed by atoms with E-state index in [2.05, 4.69) is 23.9 Å². The summed E-state index contributed by atoms with van der Waals surface area (Å²) in [6.45, 7) is 6.27. The van der Waals surface area contributed by atoms with E-state index in [0.29, 0.717) is 18.9 Å². The molecule has 5 nitrogen and oxygen atoms in total. The zero-order valence-corrected chi connectivity index (χ0v) is 11.2. The fourth-order valence-electron chi connectivity index (χ4n) is 1.73. The first-order valence-electron chi connectivity index (χ1n) is 5.97. The Morgan fingerprint density at radius 1 is 1.29 bits per heavy atom. The average Bonchev–Trinajstić information content (AvgIpc) is 2.25. The van der Waals surface area contributed by atoms with Crippen LogP contribution in [-0.4, -0.2) is 31.6 Å². The molecule has 0 aliphatic heterocycles. The van der Waals surface area contributed by atoms with Crippen molar-refractivity contribution in [2.75, 3.05) is 13.7 Å². The van der Waals surface area contributed by atoms with Crippen LogP contribution in [0.2, 0.25) is 0 Å². The molecule has 0 unspecified atom stereocenters. The van der Waals surface area contributed by atoms with Gasteiger partial charge >= 0.3 is 5.97 Å². The van der Waals surface area contributed by atoms with Gasteiger partial charge in [-0.1, -0.05) is 13.8 Å². The average molecular weight is 244 g/mol. The Morgan fingerprint density at radius 3 is 2.29 bits per heavy atom. The molecular formula is C12H24N2O3. The quantitative estimate of drug-likeness (QED) is 0.645. The van der Waals surface area contributed by atoms with Gasteiger partial charge in [-0.2, -0.15) is 0 Å². The molecular weight excluding hydrogens is 220 g/mol. The third-order valence-electron chi connectivity index (χ3n) is 2.54. The Balaban J connectivity index is 4.10. The highest BCUT2D eigenvalue weighted by molar-refractivity contribution is 5.84. The molecule has 2 atom stereocenters. The van der Waals surface area contributed by atoms with Gasteiger partial charge in [-0.25, -0.2) is 4.79 Å². The number of esters is 1. The summed E-state index contributed by atoms with van der Waals surface area (Å²) in [5, 5.41) is 2.60. The number of rotatable bonds is 7. The summed E-state index contributed by atoms with van der Waals surface area (Å²) in [5.41, 5.74) is 5.61. The molecule has 0 fully saturated rings. The molecule has 0 radical (unpaired) electrons. The molecule has 17 heavy (non-hydrogen) atoms. The number of nitrogens with one attached hydrogen (secondary N) is 1. The lowest BCUT2D eigenvalue weighted by Crippen LogP contribution is -2.40. The maximum atomic E-state index is 11.7. The molecule has 5 heteroatoms. The van der Waals surface area contributed by atoms with Gasteiger partial charge < -0.3 is 15.8 Å². The number of carbonyl (C=O) groups is 2. The van der Waals surface area contributed by atoms with Gasteiger partial charge in [0.1, 0.15) is 6.04 Å². The Hall–Kier alpha value is -1.10. The lowest BCUT2D eigenvalue weighted by Gasteiger charge is -2.18. The molecule has 0 saturated carbocycles. The van der Waals surface area contributed by atoms with Crippen LogP contribution in [0.25, 0.3) is 0 Å². The molecule has 0 aliphatic carbocycles. The highest BCUT2D eigenvalue weighted by Gasteiger charge is 2.19. The number of carbonyl (C=O) groups excluding carboxylic acids is 2. The number of methoxy groups -OCH3 is 1. The van der Waals surface area contributed by atoms with E-state index in [9.17, 15) is 9.59 Å². The van der Waals surface area contributed by atoms with Crippen LogP contribution in [0.15, 0.2) is 0 Å². The van der Waals surface area contributed by atoms with Gasteiger partial charge in [0.2, 0.25) is 5.91 Å². The monoisotopic (exact) mass is 244 g/mol. The minimum absolute atomic E-state index is 0.154. The largest absolute Gasteiger partial charge is 0.467 e. The fourth-order valence-corrected chi connectivity index (χ4v) is 1.73. The molecule has 0 spiro atoms. The van der Waals surface area contributed by atoms with Crippen molar-refractivity contribution < 1.29 is 14.3 Å². The van der Waals surface area contributed by atoms with Crippen LogP contribution < -0.4 is 11.1 Å². The van der Waals surface area contributed by atoms with Gasteiger partial charge in [-0.05, 0) is 31.7 Å². The minimum atomic E-state index is -0.607. The zero-order chi connectivity index (χ0) is 13.4. The first-order valence-corrected chi connectivity index (χ1v) is 5.97. The summed E-state index contributed by atoms with van der Waals surface area (Å²) >= 11 is 0. The van der Waals surface area contributed by atoms with E-state index in [1.54, 1.807) is 6.92 Å². The van der Waals surface area contributed by atoms with E-state index in [4.69, 9.17) is 5.73 Å². The van der Waals surface area contributed by atoms with Crippen molar-refractivity contribution in [1.82, 2.24) is 5.32 Å². The number of ether oxygens (including phenoxy) is 1. The molecule has 0 bridgehead atoms. The molecule has 0 rings (SSSR count). The van der Waals surface area contributed by atoms with Crippen LogP contribution in [0.4, 0.5) is 0 Å². The summed E-state index contributed by atoms with van der Waals surface area (Å²) in [7, 11) is 1.30. The second kappa shape index (κ2) is 8.06. The SMILES string of the molecule is COC(=O)[C@H](C)NC(=O)C[C@@H](CN)CC(C)C. The summed E-state index contributed by atoms with van der Waals surface area (Å²) in [6.07, 6.45) is 1.27. The van der Waals surface area contributed by atoms with Crippen molar-refractivity contribution >= 4 is 11.9 Å². The van der Waals surface area contributed by atoms with E-state index in [-0.39, 0.29) is 11.8 Å². The Morgan fingerprint density at radius 2 is 1.88 bits per heavy atom. The molecule has 3 N–H and O–H groups in total. The van der Waals surface area contributed by atoms with Crippen molar-refractivity contribution in [3.05, 3.63) is 0 Å². The van der Waals surface area contributed by atoms with Crippen LogP contribution in [0.1, 0.15) is 33.6 Å². The lowest BCUT2D eigenvalue weighted by molar-refractivity contribution is -0.144. The van der Waals surface area contributed by atoms with E-state index < -0.39 is 12.0 Å². The number of hydrogen-bond donors (Lipinski definition) is 2. The summed E-state index contributed by atoms with van der Waals surface area (Å²) in [4.78, 5) is 22.8. The van der Waals surface area contributed by atoms with E-state index in [0.717, 1.165) is 6.42 Å². The van der Waals surface area contributed by atoms with E-state index >= 15 is 0 Å². The first-order chi connectivity index (χ1) is 7.90. The normalized spacial score (nSPS) is 14.2. The molecule has 100 valence electrons. The van der Waals surface area contributed by atoms with Gasteiger partial charge in [-0.15, -0.1) is 0 Å². The number of hydrogen-bond acceptors (Lipinski definition) is 4. The van der Waals surface area contributed by atoms with Crippen LogP contribution in [0.5, 0.6) is 0 Å². The first kappa shape index (κ1) is 15.9. The van der Waals surface area contributed by atoms with Crippen molar-refractivity contribution in [3.8, 4) is 0 Å². The van der Waals surface area contributed by atoms with Crippen LogP contribution in [0, 0.1) is 11.8 Å². The Labute approximate surface area is 103 Å². The summed E-state index contributed by atoms with van der Waals surface area (Å²) < 4.78 is 4.53. The third-order valence-corrected chi connectivity index (χ3v) is 2.54. The van der Waals surface area contributed by atoms with Gasteiger partial charge in [0, 0.05) is 6.42 Å². The lowest BCUT2D eigenvalue weighted by atomic mass is 9.94. The van der Waals surface area contributed by atoms with E-state index in [1.807, 2.05) is 0 Å². The number of amides is 1. The predicted molar refractivity (Wildman–Crippen MR) is 66.2 cm³/mol. The fraction of sp³-hybridized carbons (Fsp3) is 0.833. The topological polar surface area (TPSA) is 81.4 Å². The molecule has 1 amide bonds. The molecule has 0 aromatic rings. The van der Waals surface area contributed by atoms with Crippen LogP contribution >= 0.6 is 0 Å². The van der Waals surface area contributed by atoms with Crippen molar-refractivity contribution in [2.45, 2.75) is 39.7 Å². The molecule has 0 aliphatic rings. The van der Waals surface area contributed by atoms with Gasteiger partial charge in [0.15, 0.2) is 0 Å².